The van der Waals surface area contributed by atoms with Crippen LogP contribution in [0.15, 0.2) is 36.4 Å². The van der Waals surface area contributed by atoms with Gasteiger partial charge in [-0.2, -0.15) is 0 Å². The minimum absolute atomic E-state index is 0.0621. The Balaban J connectivity index is 2.39. The first-order valence-corrected chi connectivity index (χ1v) is 7.30. The maximum atomic E-state index is 11.6. The average Bonchev–Trinajstić information content (AvgIpc) is 2.55. The molecule has 2 rings (SSSR count). The molecule has 2 aromatic rings. The van der Waals surface area contributed by atoms with E-state index in [0.29, 0.717) is 17.2 Å². The standard InChI is InChI=1S/C16H15ClN2O4/c1-3-10-8-12(5-6-13(10)17)23-15-7-4-11(16(20)18-2)9-14(15)19(21)22/h4-9H,3H2,1-2H3,(H,18,20). The third-order valence-electron chi connectivity index (χ3n) is 3.27. The van der Waals surface area contributed by atoms with E-state index in [4.69, 9.17) is 16.3 Å². The van der Waals surface area contributed by atoms with E-state index < -0.39 is 10.8 Å². The van der Waals surface area contributed by atoms with Crippen molar-refractivity contribution in [3.63, 3.8) is 0 Å². The molecule has 0 aromatic heterocycles. The number of nitrogens with one attached hydrogen (secondary N) is 1. The number of halogens is 1. The van der Waals surface area contributed by atoms with Gasteiger partial charge in [0, 0.05) is 23.7 Å². The van der Waals surface area contributed by atoms with Crippen molar-refractivity contribution in [3.05, 3.63) is 62.7 Å². The topological polar surface area (TPSA) is 81.5 Å². The van der Waals surface area contributed by atoms with Crippen LogP contribution in [0.4, 0.5) is 5.69 Å². The van der Waals surface area contributed by atoms with Crippen molar-refractivity contribution in [2.45, 2.75) is 13.3 Å². The van der Waals surface area contributed by atoms with Crippen molar-refractivity contribution in [1.82, 2.24) is 5.32 Å². The number of nitro benzene ring substituents is 1. The van der Waals surface area contributed by atoms with Gasteiger partial charge in [-0.15, -0.1) is 0 Å². The van der Waals surface area contributed by atoms with Gasteiger partial charge in [0.15, 0.2) is 0 Å². The number of nitro groups is 1. The molecule has 23 heavy (non-hydrogen) atoms. The molecular formula is C16H15ClN2O4. The van der Waals surface area contributed by atoms with E-state index in [0.717, 1.165) is 5.56 Å². The maximum absolute atomic E-state index is 11.6. The van der Waals surface area contributed by atoms with Crippen molar-refractivity contribution < 1.29 is 14.5 Å². The van der Waals surface area contributed by atoms with Crippen LogP contribution < -0.4 is 10.1 Å². The highest BCUT2D eigenvalue weighted by atomic mass is 35.5. The van der Waals surface area contributed by atoms with Gasteiger partial charge in [-0.1, -0.05) is 18.5 Å². The third-order valence-corrected chi connectivity index (χ3v) is 3.64. The molecule has 0 unspecified atom stereocenters. The number of amides is 1. The number of rotatable bonds is 5. The van der Waals surface area contributed by atoms with Crippen LogP contribution in [-0.4, -0.2) is 17.9 Å². The second-order valence-electron chi connectivity index (χ2n) is 4.73. The van der Waals surface area contributed by atoms with Crippen LogP contribution in [-0.2, 0) is 6.42 Å². The molecule has 7 heteroatoms. The molecule has 0 aliphatic heterocycles. The van der Waals surface area contributed by atoms with Crippen LogP contribution >= 0.6 is 11.6 Å². The highest BCUT2D eigenvalue weighted by Gasteiger charge is 2.19. The first-order chi connectivity index (χ1) is 11.0. The van der Waals surface area contributed by atoms with Crippen molar-refractivity contribution in [2.24, 2.45) is 0 Å². The molecule has 0 spiro atoms. The van der Waals surface area contributed by atoms with Crippen molar-refractivity contribution in [3.8, 4) is 11.5 Å². The molecule has 0 heterocycles. The van der Waals surface area contributed by atoms with E-state index in [1.165, 1.54) is 25.2 Å². The normalized spacial score (nSPS) is 10.2. The number of carbonyl (C=O) groups is 1. The minimum Gasteiger partial charge on any atom is -0.450 e. The van der Waals surface area contributed by atoms with E-state index in [-0.39, 0.29) is 17.0 Å². The van der Waals surface area contributed by atoms with Gasteiger partial charge in [-0.25, -0.2) is 0 Å². The van der Waals surface area contributed by atoms with Gasteiger partial charge in [0.25, 0.3) is 5.91 Å². The Kier molecular flexibility index (Phi) is 5.18. The van der Waals surface area contributed by atoms with Crippen LogP contribution in [0.25, 0.3) is 0 Å². The molecule has 0 bridgehead atoms. The number of ether oxygens (including phenoxy) is 1. The SMILES string of the molecule is CCc1cc(Oc2ccc(C(=O)NC)cc2[N+](=O)[O-])ccc1Cl. The fraction of sp³-hybridized carbons (Fsp3) is 0.188. The molecular weight excluding hydrogens is 320 g/mol. The lowest BCUT2D eigenvalue weighted by Crippen LogP contribution is -2.17. The highest BCUT2D eigenvalue weighted by molar-refractivity contribution is 6.31. The molecule has 2 aromatic carbocycles. The van der Waals surface area contributed by atoms with Gasteiger partial charge in [-0.05, 0) is 42.3 Å². The van der Waals surface area contributed by atoms with E-state index >= 15 is 0 Å². The highest BCUT2D eigenvalue weighted by Crippen LogP contribution is 2.33. The first kappa shape index (κ1) is 16.8. The Hall–Kier alpha value is -2.60. The molecule has 1 amide bonds. The van der Waals surface area contributed by atoms with Gasteiger partial charge >= 0.3 is 5.69 Å². The number of nitrogens with zero attached hydrogens (tertiary/aromatic N) is 1. The summed E-state index contributed by atoms with van der Waals surface area (Å²) in [5.74, 6) is 0.105. The summed E-state index contributed by atoms with van der Waals surface area (Å²) >= 11 is 6.04. The lowest BCUT2D eigenvalue weighted by Gasteiger charge is -2.09. The summed E-state index contributed by atoms with van der Waals surface area (Å²) < 4.78 is 5.60. The zero-order valence-corrected chi connectivity index (χ0v) is 13.4. The molecule has 1 N–H and O–H groups in total. The summed E-state index contributed by atoms with van der Waals surface area (Å²) in [6, 6.07) is 9.11. The maximum Gasteiger partial charge on any atom is 0.312 e. The summed E-state index contributed by atoms with van der Waals surface area (Å²) in [5, 5.41) is 14.3. The largest absolute Gasteiger partial charge is 0.450 e. The lowest BCUT2D eigenvalue weighted by molar-refractivity contribution is -0.385. The summed E-state index contributed by atoms with van der Waals surface area (Å²) in [7, 11) is 1.46. The van der Waals surface area contributed by atoms with Crippen LogP contribution in [0.2, 0.25) is 5.02 Å². The van der Waals surface area contributed by atoms with Crippen LogP contribution in [0.5, 0.6) is 11.5 Å². The second-order valence-corrected chi connectivity index (χ2v) is 5.13. The smallest absolute Gasteiger partial charge is 0.312 e. The quantitative estimate of drug-likeness (QED) is 0.662. The van der Waals surface area contributed by atoms with Crippen LogP contribution in [0.3, 0.4) is 0 Å². The van der Waals surface area contributed by atoms with Crippen LogP contribution in [0, 0.1) is 10.1 Å². The molecule has 0 saturated carbocycles. The summed E-state index contributed by atoms with van der Waals surface area (Å²) in [6.07, 6.45) is 0.716. The Morgan fingerprint density at radius 2 is 2.04 bits per heavy atom. The van der Waals surface area contributed by atoms with Crippen molar-refractivity contribution in [2.75, 3.05) is 7.05 Å². The Labute approximate surface area is 138 Å². The molecule has 6 nitrogen and oxygen atoms in total. The number of hydrogen-bond acceptors (Lipinski definition) is 4. The van der Waals surface area contributed by atoms with Gasteiger partial charge < -0.3 is 10.1 Å². The minimum atomic E-state index is -0.585. The van der Waals surface area contributed by atoms with Gasteiger partial charge in [-0.3, -0.25) is 14.9 Å². The third kappa shape index (κ3) is 3.78. The molecule has 0 aliphatic rings. The van der Waals surface area contributed by atoms with Gasteiger partial charge in [0.05, 0.1) is 4.92 Å². The number of carbonyl (C=O) groups excluding carboxylic acids is 1. The zero-order chi connectivity index (χ0) is 17.0. The fourth-order valence-electron chi connectivity index (χ4n) is 2.04. The number of hydrogen-bond donors (Lipinski definition) is 1. The van der Waals surface area contributed by atoms with Crippen molar-refractivity contribution >= 4 is 23.2 Å². The Morgan fingerprint density at radius 1 is 1.30 bits per heavy atom. The van der Waals surface area contributed by atoms with E-state index in [2.05, 4.69) is 5.32 Å². The molecule has 0 fully saturated rings. The summed E-state index contributed by atoms with van der Waals surface area (Å²) in [5.41, 5.74) is 0.796. The Morgan fingerprint density at radius 3 is 2.65 bits per heavy atom. The zero-order valence-electron chi connectivity index (χ0n) is 12.6. The fourth-order valence-corrected chi connectivity index (χ4v) is 2.30. The predicted octanol–water partition coefficient (Wildman–Crippen LogP) is 3.96. The Bertz CT molecular complexity index is 762. The summed E-state index contributed by atoms with van der Waals surface area (Å²) in [4.78, 5) is 22.2. The predicted molar refractivity (Wildman–Crippen MR) is 87.4 cm³/mol. The molecule has 0 radical (unpaired) electrons. The average molecular weight is 335 g/mol. The van der Waals surface area contributed by atoms with Crippen LogP contribution in [0.1, 0.15) is 22.8 Å². The molecule has 120 valence electrons. The molecule has 0 aliphatic carbocycles. The lowest BCUT2D eigenvalue weighted by atomic mass is 10.1. The van der Waals surface area contributed by atoms with E-state index in [1.54, 1.807) is 18.2 Å². The molecule has 0 saturated heterocycles. The molecule has 0 atom stereocenters. The number of benzene rings is 2. The van der Waals surface area contributed by atoms with Gasteiger partial charge in [0.2, 0.25) is 5.75 Å². The summed E-state index contributed by atoms with van der Waals surface area (Å²) in [6.45, 7) is 1.95. The number of aryl methyl sites for hydroxylation is 1. The van der Waals surface area contributed by atoms with E-state index in [9.17, 15) is 14.9 Å². The van der Waals surface area contributed by atoms with E-state index in [1.807, 2.05) is 6.92 Å². The second kappa shape index (κ2) is 7.11. The first-order valence-electron chi connectivity index (χ1n) is 6.93. The van der Waals surface area contributed by atoms with Gasteiger partial charge in [0.1, 0.15) is 5.75 Å². The van der Waals surface area contributed by atoms with Crippen molar-refractivity contribution in [1.29, 1.82) is 0 Å². The monoisotopic (exact) mass is 334 g/mol.